The summed E-state index contributed by atoms with van der Waals surface area (Å²) >= 11 is 0. The van der Waals surface area contributed by atoms with Gasteiger partial charge in [-0.2, -0.15) is 0 Å². The summed E-state index contributed by atoms with van der Waals surface area (Å²) in [7, 11) is 0. The molecular weight excluding hydrogens is 244 g/mol. The molecule has 2 heterocycles. The molecule has 0 radical (unpaired) electrons. The minimum atomic E-state index is -0.386. The number of carbonyl (C=O) groups excluding carboxylic acids is 2. The molecule has 2 fully saturated rings. The van der Waals surface area contributed by atoms with E-state index in [1.165, 1.54) is 0 Å². The molecule has 2 rings (SSSR count). The first-order valence-corrected chi connectivity index (χ1v) is 7.21. The van der Waals surface area contributed by atoms with E-state index in [0.717, 1.165) is 19.4 Å². The molecule has 5 nitrogen and oxygen atoms in total. The van der Waals surface area contributed by atoms with Gasteiger partial charge in [0.05, 0.1) is 12.6 Å². The van der Waals surface area contributed by atoms with E-state index in [1.807, 2.05) is 0 Å². The van der Waals surface area contributed by atoms with Crippen molar-refractivity contribution in [1.82, 2.24) is 10.2 Å². The Labute approximate surface area is 114 Å². The van der Waals surface area contributed by atoms with Crippen molar-refractivity contribution < 1.29 is 14.3 Å². The van der Waals surface area contributed by atoms with Crippen LogP contribution in [-0.2, 0) is 14.3 Å². The number of piperazine rings is 1. The van der Waals surface area contributed by atoms with Gasteiger partial charge in [0, 0.05) is 6.61 Å². The highest BCUT2D eigenvalue weighted by Crippen LogP contribution is 2.22. The molecular formula is C14H24N2O3. The van der Waals surface area contributed by atoms with Gasteiger partial charge in [0.25, 0.3) is 0 Å². The monoisotopic (exact) mass is 268 g/mol. The number of hydrogen-bond acceptors (Lipinski definition) is 3. The van der Waals surface area contributed by atoms with Gasteiger partial charge in [-0.1, -0.05) is 13.8 Å². The molecule has 0 bridgehead atoms. The first kappa shape index (κ1) is 14.3. The zero-order valence-corrected chi connectivity index (χ0v) is 12.0. The van der Waals surface area contributed by atoms with E-state index < -0.39 is 0 Å². The maximum atomic E-state index is 12.6. The minimum Gasteiger partial charge on any atom is -0.379 e. The molecule has 0 aliphatic carbocycles. The fraction of sp³-hybridized carbons (Fsp3) is 0.857. The highest BCUT2D eigenvalue weighted by Gasteiger charge is 2.41. The van der Waals surface area contributed by atoms with Crippen molar-refractivity contribution in [3.63, 3.8) is 0 Å². The summed E-state index contributed by atoms with van der Waals surface area (Å²) in [5.74, 6) is 0.388. The average Bonchev–Trinajstić information content (AvgIpc) is 2.37. The second-order valence-corrected chi connectivity index (χ2v) is 5.98. The molecule has 2 aliphatic heterocycles. The van der Waals surface area contributed by atoms with E-state index in [1.54, 1.807) is 11.8 Å². The Balaban J connectivity index is 2.13. The number of nitrogens with one attached hydrogen (secondary N) is 1. The predicted octanol–water partition coefficient (Wildman–Crippen LogP) is 0.927. The summed E-state index contributed by atoms with van der Waals surface area (Å²) in [6.07, 6.45) is 2.58. The van der Waals surface area contributed by atoms with Gasteiger partial charge in [0.15, 0.2) is 0 Å². The minimum absolute atomic E-state index is 0.0455. The van der Waals surface area contributed by atoms with Crippen LogP contribution in [-0.4, -0.2) is 48.1 Å². The molecule has 2 aliphatic rings. The summed E-state index contributed by atoms with van der Waals surface area (Å²) in [6, 6.07) is -0.704. The number of amides is 2. The van der Waals surface area contributed by atoms with Crippen LogP contribution < -0.4 is 5.32 Å². The first-order valence-electron chi connectivity index (χ1n) is 7.21. The fourth-order valence-electron chi connectivity index (χ4n) is 2.92. The van der Waals surface area contributed by atoms with Gasteiger partial charge in [-0.05, 0) is 32.1 Å². The number of nitrogens with zero attached hydrogens (tertiary/aromatic N) is 1. The van der Waals surface area contributed by atoms with Crippen molar-refractivity contribution in [1.29, 1.82) is 0 Å². The zero-order valence-electron chi connectivity index (χ0n) is 12.0. The van der Waals surface area contributed by atoms with Gasteiger partial charge < -0.3 is 15.0 Å². The summed E-state index contributed by atoms with van der Waals surface area (Å²) in [5.41, 5.74) is 0. The molecule has 0 aromatic rings. The summed E-state index contributed by atoms with van der Waals surface area (Å²) in [4.78, 5) is 26.4. The van der Waals surface area contributed by atoms with Gasteiger partial charge in [0.2, 0.25) is 11.8 Å². The zero-order chi connectivity index (χ0) is 14.0. The third kappa shape index (κ3) is 3.08. The smallest absolute Gasteiger partial charge is 0.246 e. The summed E-state index contributed by atoms with van der Waals surface area (Å²) in [5, 5.41) is 2.85. The Morgan fingerprint density at radius 1 is 1.42 bits per heavy atom. The van der Waals surface area contributed by atoms with Gasteiger partial charge in [0.1, 0.15) is 12.1 Å². The molecule has 0 aromatic carbocycles. The SMILES string of the molecule is CC(C)CC1NC(=O)C(C)N(C2CCCOC2)C1=O. The topological polar surface area (TPSA) is 58.6 Å². The van der Waals surface area contributed by atoms with E-state index in [4.69, 9.17) is 4.74 Å². The molecule has 2 saturated heterocycles. The highest BCUT2D eigenvalue weighted by atomic mass is 16.5. The van der Waals surface area contributed by atoms with Crippen LogP contribution in [0.15, 0.2) is 0 Å². The van der Waals surface area contributed by atoms with Crippen molar-refractivity contribution in [3.8, 4) is 0 Å². The van der Waals surface area contributed by atoms with Crippen LogP contribution in [0.25, 0.3) is 0 Å². The largest absolute Gasteiger partial charge is 0.379 e. The second-order valence-electron chi connectivity index (χ2n) is 5.98. The van der Waals surface area contributed by atoms with Crippen LogP contribution in [0.2, 0.25) is 0 Å². The average molecular weight is 268 g/mol. The van der Waals surface area contributed by atoms with Crippen molar-refractivity contribution in [2.45, 2.75) is 58.2 Å². The third-order valence-corrected chi connectivity index (χ3v) is 3.90. The van der Waals surface area contributed by atoms with E-state index >= 15 is 0 Å². The molecule has 108 valence electrons. The van der Waals surface area contributed by atoms with Crippen LogP contribution in [0.1, 0.15) is 40.0 Å². The lowest BCUT2D eigenvalue weighted by atomic mass is 9.96. The normalized spacial score (nSPS) is 32.6. The Morgan fingerprint density at radius 3 is 2.74 bits per heavy atom. The maximum Gasteiger partial charge on any atom is 0.246 e. The third-order valence-electron chi connectivity index (χ3n) is 3.90. The lowest BCUT2D eigenvalue weighted by Gasteiger charge is -2.43. The highest BCUT2D eigenvalue weighted by molar-refractivity contribution is 5.96. The molecule has 0 aromatic heterocycles. The maximum absolute atomic E-state index is 12.6. The quantitative estimate of drug-likeness (QED) is 0.828. The fourth-order valence-corrected chi connectivity index (χ4v) is 2.92. The molecule has 0 saturated carbocycles. The van der Waals surface area contributed by atoms with E-state index in [0.29, 0.717) is 18.9 Å². The Morgan fingerprint density at radius 2 is 2.16 bits per heavy atom. The Hall–Kier alpha value is -1.10. The van der Waals surface area contributed by atoms with Crippen molar-refractivity contribution in [2.75, 3.05) is 13.2 Å². The standard InChI is InChI=1S/C14H24N2O3/c1-9(2)7-12-14(18)16(10(3)13(17)15-12)11-5-4-6-19-8-11/h9-12H,4-8H2,1-3H3,(H,15,17). The number of ether oxygens (including phenoxy) is 1. The predicted molar refractivity (Wildman–Crippen MR) is 71.5 cm³/mol. The van der Waals surface area contributed by atoms with Crippen LogP contribution in [0.4, 0.5) is 0 Å². The van der Waals surface area contributed by atoms with Crippen molar-refractivity contribution in [2.24, 2.45) is 5.92 Å². The van der Waals surface area contributed by atoms with Gasteiger partial charge in [-0.15, -0.1) is 0 Å². The Bertz CT molecular complexity index is 351. The van der Waals surface area contributed by atoms with Crippen LogP contribution in [0, 0.1) is 5.92 Å². The second kappa shape index (κ2) is 5.90. The van der Waals surface area contributed by atoms with E-state index in [-0.39, 0.29) is 29.9 Å². The lowest BCUT2D eigenvalue weighted by molar-refractivity contribution is -0.154. The van der Waals surface area contributed by atoms with Crippen LogP contribution >= 0.6 is 0 Å². The number of carbonyl (C=O) groups is 2. The molecule has 19 heavy (non-hydrogen) atoms. The molecule has 3 atom stereocenters. The van der Waals surface area contributed by atoms with Crippen LogP contribution in [0.5, 0.6) is 0 Å². The Kier molecular flexibility index (Phi) is 4.45. The molecule has 1 N–H and O–H groups in total. The molecule has 3 unspecified atom stereocenters. The first-order chi connectivity index (χ1) is 9.00. The van der Waals surface area contributed by atoms with E-state index in [9.17, 15) is 9.59 Å². The van der Waals surface area contributed by atoms with Gasteiger partial charge >= 0.3 is 0 Å². The van der Waals surface area contributed by atoms with Crippen LogP contribution in [0.3, 0.4) is 0 Å². The lowest BCUT2D eigenvalue weighted by Crippen LogP contribution is -2.66. The summed E-state index contributed by atoms with van der Waals surface area (Å²) in [6.45, 7) is 7.23. The molecule has 5 heteroatoms. The van der Waals surface area contributed by atoms with Gasteiger partial charge in [-0.25, -0.2) is 0 Å². The van der Waals surface area contributed by atoms with Crippen molar-refractivity contribution >= 4 is 11.8 Å². The number of hydrogen-bond donors (Lipinski definition) is 1. The molecule has 0 spiro atoms. The van der Waals surface area contributed by atoms with E-state index in [2.05, 4.69) is 19.2 Å². The number of rotatable bonds is 3. The molecule has 2 amide bonds. The summed E-state index contributed by atoms with van der Waals surface area (Å²) < 4.78 is 5.46. The van der Waals surface area contributed by atoms with Crippen molar-refractivity contribution in [3.05, 3.63) is 0 Å². The van der Waals surface area contributed by atoms with Gasteiger partial charge in [-0.3, -0.25) is 9.59 Å².